The van der Waals surface area contributed by atoms with Crippen molar-refractivity contribution in [2.75, 3.05) is 26.3 Å². The lowest BCUT2D eigenvalue weighted by Gasteiger charge is -2.17. The predicted molar refractivity (Wildman–Crippen MR) is 61.1 cm³/mol. The van der Waals surface area contributed by atoms with Crippen molar-refractivity contribution in [3.05, 3.63) is 0 Å². The summed E-state index contributed by atoms with van der Waals surface area (Å²) < 4.78 is 11.1. The summed E-state index contributed by atoms with van der Waals surface area (Å²) in [6, 6.07) is -0.456. The van der Waals surface area contributed by atoms with Crippen molar-refractivity contribution < 1.29 is 14.3 Å². The minimum absolute atomic E-state index is 0.0207. The van der Waals surface area contributed by atoms with Crippen LogP contribution in [0.5, 0.6) is 0 Å². The molecule has 0 aromatic rings. The largest absolute Gasteiger partial charge is 0.374 e. The predicted octanol–water partition coefficient (Wildman–Crippen LogP) is -0.0140. The van der Waals surface area contributed by atoms with Gasteiger partial charge in [-0.2, -0.15) is 0 Å². The monoisotopic (exact) mass is 230 g/mol. The number of nitrogens with two attached hydrogens (primary N) is 1. The molecule has 1 heterocycles. The van der Waals surface area contributed by atoms with Gasteiger partial charge in [-0.15, -0.1) is 0 Å². The molecular weight excluding hydrogens is 208 g/mol. The molecule has 1 aliphatic rings. The Morgan fingerprint density at radius 3 is 2.06 bits per heavy atom. The fraction of sp³-hybridized carbons (Fsp3) is 0.909. The molecule has 0 aromatic heterocycles. The average Bonchev–Trinajstić information content (AvgIpc) is 2.62. The molecule has 16 heavy (non-hydrogen) atoms. The summed E-state index contributed by atoms with van der Waals surface area (Å²) in [6.07, 6.45) is -0.0414. The number of rotatable bonds is 5. The van der Waals surface area contributed by atoms with Gasteiger partial charge in [-0.05, 0) is 20.8 Å². The third-order valence-corrected chi connectivity index (χ3v) is 2.68. The standard InChI is InChI=1S/C11H22N2O3/c1-4-15-9-6-13(11(14)8(3)12)7-10(9)16-5-2/h8-10H,4-7,12H2,1-3H3. The summed E-state index contributed by atoms with van der Waals surface area (Å²) in [5.41, 5.74) is 5.58. The van der Waals surface area contributed by atoms with Crippen LogP contribution in [0, 0.1) is 0 Å². The van der Waals surface area contributed by atoms with Crippen LogP contribution < -0.4 is 5.73 Å². The van der Waals surface area contributed by atoms with Crippen LogP contribution in [-0.2, 0) is 14.3 Å². The fourth-order valence-corrected chi connectivity index (χ4v) is 1.96. The third-order valence-electron chi connectivity index (χ3n) is 2.68. The quantitative estimate of drug-likeness (QED) is 0.721. The van der Waals surface area contributed by atoms with E-state index in [-0.39, 0.29) is 18.1 Å². The Morgan fingerprint density at radius 2 is 1.75 bits per heavy atom. The number of nitrogens with zero attached hydrogens (tertiary/aromatic N) is 1. The van der Waals surface area contributed by atoms with Crippen molar-refractivity contribution in [3.8, 4) is 0 Å². The molecule has 1 amide bonds. The van der Waals surface area contributed by atoms with Gasteiger partial charge in [-0.3, -0.25) is 4.79 Å². The molecule has 0 aromatic carbocycles. The molecule has 1 aliphatic heterocycles. The van der Waals surface area contributed by atoms with Gasteiger partial charge in [-0.25, -0.2) is 0 Å². The van der Waals surface area contributed by atoms with E-state index in [0.717, 1.165) is 0 Å². The maximum atomic E-state index is 11.7. The van der Waals surface area contributed by atoms with Crippen LogP contribution in [0.15, 0.2) is 0 Å². The molecule has 0 aliphatic carbocycles. The Bertz CT molecular complexity index is 219. The molecule has 3 unspecified atom stereocenters. The molecular formula is C11H22N2O3. The first-order chi connectivity index (χ1) is 7.60. The summed E-state index contributed by atoms with van der Waals surface area (Å²) in [6.45, 7) is 8.02. The van der Waals surface area contributed by atoms with Crippen molar-refractivity contribution in [2.24, 2.45) is 5.73 Å². The van der Waals surface area contributed by atoms with E-state index in [9.17, 15) is 4.79 Å². The topological polar surface area (TPSA) is 64.8 Å². The molecule has 94 valence electrons. The van der Waals surface area contributed by atoms with Crippen molar-refractivity contribution >= 4 is 5.91 Å². The third kappa shape index (κ3) is 3.17. The molecule has 2 N–H and O–H groups in total. The number of ether oxygens (including phenoxy) is 2. The summed E-state index contributed by atoms with van der Waals surface area (Å²) in [7, 11) is 0. The van der Waals surface area contributed by atoms with Gasteiger partial charge in [0.25, 0.3) is 0 Å². The second-order valence-corrected chi connectivity index (χ2v) is 4.02. The van der Waals surface area contributed by atoms with Gasteiger partial charge in [0, 0.05) is 26.3 Å². The SMILES string of the molecule is CCOC1CN(C(=O)C(C)N)CC1OCC. The number of hydrogen-bond donors (Lipinski definition) is 1. The highest BCUT2D eigenvalue weighted by Gasteiger charge is 2.36. The van der Waals surface area contributed by atoms with E-state index in [0.29, 0.717) is 26.3 Å². The van der Waals surface area contributed by atoms with Crippen LogP contribution in [0.3, 0.4) is 0 Å². The molecule has 0 radical (unpaired) electrons. The van der Waals surface area contributed by atoms with E-state index in [1.165, 1.54) is 0 Å². The second-order valence-electron chi connectivity index (χ2n) is 4.02. The smallest absolute Gasteiger partial charge is 0.239 e. The second kappa shape index (κ2) is 6.18. The van der Waals surface area contributed by atoms with E-state index in [1.807, 2.05) is 13.8 Å². The van der Waals surface area contributed by atoms with Gasteiger partial charge < -0.3 is 20.1 Å². The summed E-state index contributed by atoms with van der Waals surface area (Å²) >= 11 is 0. The Hall–Kier alpha value is -0.650. The summed E-state index contributed by atoms with van der Waals surface area (Å²) in [5, 5.41) is 0. The maximum Gasteiger partial charge on any atom is 0.239 e. The van der Waals surface area contributed by atoms with Crippen LogP contribution in [0.25, 0.3) is 0 Å². The number of carbonyl (C=O) groups is 1. The Kier molecular flexibility index (Phi) is 5.18. The van der Waals surface area contributed by atoms with Gasteiger partial charge in [0.05, 0.1) is 6.04 Å². The van der Waals surface area contributed by atoms with Crippen molar-refractivity contribution in [1.29, 1.82) is 0 Å². The minimum Gasteiger partial charge on any atom is -0.374 e. The summed E-state index contributed by atoms with van der Waals surface area (Å²) in [4.78, 5) is 13.5. The zero-order chi connectivity index (χ0) is 12.1. The zero-order valence-electron chi connectivity index (χ0n) is 10.3. The lowest BCUT2D eigenvalue weighted by atomic mass is 10.2. The highest BCUT2D eigenvalue weighted by Crippen LogP contribution is 2.17. The number of amides is 1. The lowest BCUT2D eigenvalue weighted by molar-refractivity contribution is -0.131. The van der Waals surface area contributed by atoms with Gasteiger partial charge in [0.2, 0.25) is 5.91 Å². The van der Waals surface area contributed by atoms with E-state index >= 15 is 0 Å². The molecule has 0 spiro atoms. The van der Waals surface area contributed by atoms with Crippen molar-refractivity contribution in [2.45, 2.75) is 39.0 Å². The maximum absolute atomic E-state index is 11.7. The van der Waals surface area contributed by atoms with E-state index in [1.54, 1.807) is 11.8 Å². The first kappa shape index (κ1) is 13.4. The molecule has 1 fully saturated rings. The van der Waals surface area contributed by atoms with Crippen LogP contribution >= 0.6 is 0 Å². The van der Waals surface area contributed by atoms with Gasteiger partial charge in [0.1, 0.15) is 12.2 Å². The minimum atomic E-state index is -0.456. The molecule has 1 rings (SSSR count). The van der Waals surface area contributed by atoms with Crippen molar-refractivity contribution in [3.63, 3.8) is 0 Å². The van der Waals surface area contributed by atoms with Crippen LogP contribution in [0.1, 0.15) is 20.8 Å². The lowest BCUT2D eigenvalue weighted by Crippen LogP contribution is -2.41. The molecule has 5 heteroatoms. The first-order valence-electron chi connectivity index (χ1n) is 5.87. The van der Waals surface area contributed by atoms with E-state index < -0.39 is 6.04 Å². The molecule has 0 saturated carbocycles. The van der Waals surface area contributed by atoms with Gasteiger partial charge in [-0.1, -0.05) is 0 Å². The molecule has 5 nitrogen and oxygen atoms in total. The van der Waals surface area contributed by atoms with Crippen molar-refractivity contribution in [1.82, 2.24) is 4.90 Å². The molecule has 3 atom stereocenters. The normalized spacial score (nSPS) is 27.1. The van der Waals surface area contributed by atoms with Crippen LogP contribution in [0.2, 0.25) is 0 Å². The zero-order valence-corrected chi connectivity index (χ0v) is 10.3. The van der Waals surface area contributed by atoms with Crippen LogP contribution in [-0.4, -0.2) is 55.4 Å². The highest BCUT2D eigenvalue weighted by atomic mass is 16.5. The number of carbonyl (C=O) groups excluding carboxylic acids is 1. The molecule has 0 bridgehead atoms. The van der Waals surface area contributed by atoms with E-state index in [4.69, 9.17) is 15.2 Å². The Balaban J connectivity index is 2.57. The van der Waals surface area contributed by atoms with Gasteiger partial charge >= 0.3 is 0 Å². The molecule has 1 saturated heterocycles. The average molecular weight is 230 g/mol. The highest BCUT2D eigenvalue weighted by molar-refractivity contribution is 5.81. The van der Waals surface area contributed by atoms with Crippen LogP contribution in [0.4, 0.5) is 0 Å². The van der Waals surface area contributed by atoms with Gasteiger partial charge in [0.15, 0.2) is 0 Å². The number of likely N-dealkylation sites (tertiary alicyclic amines) is 1. The first-order valence-corrected chi connectivity index (χ1v) is 5.87. The number of hydrogen-bond acceptors (Lipinski definition) is 4. The summed E-state index contributed by atoms with van der Waals surface area (Å²) in [5.74, 6) is -0.0353. The Morgan fingerprint density at radius 1 is 1.31 bits per heavy atom. The Labute approximate surface area is 96.9 Å². The van der Waals surface area contributed by atoms with E-state index in [2.05, 4.69) is 0 Å². The fourth-order valence-electron chi connectivity index (χ4n) is 1.96.